The fourth-order valence-electron chi connectivity index (χ4n) is 1.91. The molecule has 20 heavy (non-hydrogen) atoms. The van der Waals surface area contributed by atoms with Gasteiger partial charge in [-0.15, -0.1) is 0 Å². The number of benzene rings is 2. The summed E-state index contributed by atoms with van der Waals surface area (Å²) in [7, 11) is 0. The molecule has 0 radical (unpaired) electrons. The Labute approximate surface area is 124 Å². The fraction of sp³-hybridized carbons (Fsp3) is 0.188. The lowest BCUT2D eigenvalue weighted by Gasteiger charge is -2.09. The average molecular weight is 289 g/mol. The lowest BCUT2D eigenvalue weighted by molar-refractivity contribution is 0.252. The third kappa shape index (κ3) is 4.28. The number of anilines is 1. The molecule has 4 heteroatoms. The first kappa shape index (κ1) is 14.4. The highest BCUT2D eigenvalue weighted by atomic mass is 35.5. The van der Waals surface area contributed by atoms with Crippen LogP contribution in [0.3, 0.4) is 0 Å². The minimum atomic E-state index is -0.206. The lowest BCUT2D eigenvalue weighted by atomic mass is 10.1. The van der Waals surface area contributed by atoms with Crippen molar-refractivity contribution in [2.45, 2.75) is 13.3 Å². The first-order valence-corrected chi connectivity index (χ1v) is 6.88. The van der Waals surface area contributed by atoms with E-state index in [4.69, 9.17) is 11.6 Å². The molecule has 2 aromatic carbocycles. The number of carbonyl (C=O) groups excluding carboxylic acids is 1. The molecule has 0 aromatic heterocycles. The fourth-order valence-corrected chi connectivity index (χ4v) is 2.14. The number of hydrogen-bond donors (Lipinski definition) is 2. The van der Waals surface area contributed by atoms with E-state index in [1.807, 2.05) is 55.5 Å². The van der Waals surface area contributed by atoms with Crippen molar-refractivity contribution in [3.63, 3.8) is 0 Å². The smallest absolute Gasteiger partial charge is 0.319 e. The molecular formula is C16H17ClN2O. The molecule has 0 atom stereocenters. The third-order valence-corrected chi connectivity index (χ3v) is 3.28. The maximum absolute atomic E-state index is 11.7. The summed E-state index contributed by atoms with van der Waals surface area (Å²) in [5.74, 6) is 0. The molecular weight excluding hydrogens is 272 g/mol. The van der Waals surface area contributed by atoms with Crippen LogP contribution in [-0.2, 0) is 6.42 Å². The van der Waals surface area contributed by atoms with E-state index in [1.54, 1.807) is 0 Å². The van der Waals surface area contributed by atoms with E-state index in [9.17, 15) is 4.79 Å². The molecule has 3 nitrogen and oxygen atoms in total. The zero-order valence-corrected chi connectivity index (χ0v) is 12.1. The van der Waals surface area contributed by atoms with Crippen molar-refractivity contribution in [1.82, 2.24) is 5.32 Å². The SMILES string of the molecule is Cc1cccc(NC(=O)NCCc2ccccc2Cl)c1. The Kier molecular flexibility index (Phi) is 5.02. The van der Waals surface area contributed by atoms with Crippen LogP contribution in [0.15, 0.2) is 48.5 Å². The van der Waals surface area contributed by atoms with E-state index in [-0.39, 0.29) is 6.03 Å². The highest BCUT2D eigenvalue weighted by molar-refractivity contribution is 6.31. The van der Waals surface area contributed by atoms with Crippen molar-refractivity contribution in [3.8, 4) is 0 Å². The molecule has 0 spiro atoms. The van der Waals surface area contributed by atoms with Crippen LogP contribution >= 0.6 is 11.6 Å². The van der Waals surface area contributed by atoms with Gasteiger partial charge in [0.15, 0.2) is 0 Å². The van der Waals surface area contributed by atoms with Gasteiger partial charge in [0.2, 0.25) is 0 Å². The number of halogens is 1. The van der Waals surface area contributed by atoms with Gasteiger partial charge in [-0.2, -0.15) is 0 Å². The zero-order valence-electron chi connectivity index (χ0n) is 11.3. The maximum Gasteiger partial charge on any atom is 0.319 e. The molecule has 0 heterocycles. The molecule has 0 aliphatic heterocycles. The van der Waals surface area contributed by atoms with Gasteiger partial charge in [0.1, 0.15) is 0 Å². The van der Waals surface area contributed by atoms with Crippen LogP contribution in [0.5, 0.6) is 0 Å². The number of urea groups is 1. The van der Waals surface area contributed by atoms with Gasteiger partial charge >= 0.3 is 6.03 Å². The molecule has 0 saturated carbocycles. The Hall–Kier alpha value is -2.00. The topological polar surface area (TPSA) is 41.1 Å². The standard InChI is InChI=1S/C16H17ClN2O/c1-12-5-4-7-14(11-12)19-16(20)18-10-9-13-6-2-3-8-15(13)17/h2-8,11H,9-10H2,1H3,(H2,18,19,20). The number of amides is 2. The van der Waals surface area contributed by atoms with Gasteiger partial charge in [0.25, 0.3) is 0 Å². The minimum Gasteiger partial charge on any atom is -0.338 e. The van der Waals surface area contributed by atoms with Gasteiger partial charge in [-0.25, -0.2) is 4.79 Å². The number of aryl methyl sites for hydroxylation is 1. The molecule has 0 aliphatic rings. The van der Waals surface area contributed by atoms with Crippen LogP contribution in [0, 0.1) is 6.92 Å². The summed E-state index contributed by atoms with van der Waals surface area (Å²) in [6.07, 6.45) is 0.709. The van der Waals surface area contributed by atoms with Gasteiger partial charge in [-0.1, -0.05) is 41.9 Å². The summed E-state index contributed by atoms with van der Waals surface area (Å²) >= 11 is 6.06. The van der Waals surface area contributed by atoms with E-state index >= 15 is 0 Å². The predicted molar refractivity (Wildman–Crippen MR) is 83.4 cm³/mol. The Balaban J connectivity index is 1.80. The van der Waals surface area contributed by atoms with Crippen molar-refractivity contribution in [1.29, 1.82) is 0 Å². The summed E-state index contributed by atoms with van der Waals surface area (Å²) < 4.78 is 0. The van der Waals surface area contributed by atoms with Crippen molar-refractivity contribution in [3.05, 3.63) is 64.7 Å². The second-order valence-electron chi connectivity index (χ2n) is 4.59. The minimum absolute atomic E-state index is 0.206. The quantitative estimate of drug-likeness (QED) is 0.877. The van der Waals surface area contributed by atoms with Gasteiger partial charge in [-0.3, -0.25) is 0 Å². The highest BCUT2D eigenvalue weighted by Gasteiger charge is 2.03. The first-order chi connectivity index (χ1) is 9.65. The normalized spacial score (nSPS) is 10.1. The summed E-state index contributed by atoms with van der Waals surface area (Å²) in [5.41, 5.74) is 2.93. The highest BCUT2D eigenvalue weighted by Crippen LogP contribution is 2.14. The maximum atomic E-state index is 11.7. The lowest BCUT2D eigenvalue weighted by Crippen LogP contribution is -2.30. The number of rotatable bonds is 4. The third-order valence-electron chi connectivity index (χ3n) is 2.91. The van der Waals surface area contributed by atoms with E-state index in [0.717, 1.165) is 21.8 Å². The number of nitrogens with one attached hydrogen (secondary N) is 2. The molecule has 0 bridgehead atoms. The van der Waals surface area contributed by atoms with Crippen molar-refractivity contribution >= 4 is 23.3 Å². The Morgan fingerprint density at radius 3 is 2.70 bits per heavy atom. The molecule has 0 unspecified atom stereocenters. The van der Waals surface area contributed by atoms with E-state index in [0.29, 0.717) is 13.0 Å². The predicted octanol–water partition coefficient (Wildman–Crippen LogP) is 4.01. The second kappa shape index (κ2) is 6.96. The van der Waals surface area contributed by atoms with Crippen molar-refractivity contribution < 1.29 is 4.79 Å². The van der Waals surface area contributed by atoms with Gasteiger partial charge in [0, 0.05) is 17.3 Å². The second-order valence-corrected chi connectivity index (χ2v) is 5.00. The molecule has 2 rings (SSSR count). The van der Waals surface area contributed by atoms with Crippen LogP contribution < -0.4 is 10.6 Å². The number of hydrogen-bond acceptors (Lipinski definition) is 1. The van der Waals surface area contributed by atoms with E-state index < -0.39 is 0 Å². The monoisotopic (exact) mass is 288 g/mol. The van der Waals surface area contributed by atoms with Crippen LogP contribution in [0.4, 0.5) is 10.5 Å². The van der Waals surface area contributed by atoms with E-state index in [2.05, 4.69) is 10.6 Å². The largest absolute Gasteiger partial charge is 0.338 e. The molecule has 2 amide bonds. The van der Waals surface area contributed by atoms with Crippen LogP contribution in [0.25, 0.3) is 0 Å². The summed E-state index contributed by atoms with van der Waals surface area (Å²) in [5, 5.41) is 6.35. The van der Waals surface area contributed by atoms with E-state index in [1.165, 1.54) is 0 Å². The van der Waals surface area contributed by atoms with Gasteiger partial charge in [-0.05, 0) is 42.7 Å². The Morgan fingerprint density at radius 1 is 1.15 bits per heavy atom. The summed E-state index contributed by atoms with van der Waals surface area (Å²) in [4.78, 5) is 11.7. The molecule has 104 valence electrons. The van der Waals surface area contributed by atoms with Gasteiger partial charge in [0.05, 0.1) is 0 Å². The van der Waals surface area contributed by atoms with Crippen LogP contribution in [0.2, 0.25) is 5.02 Å². The van der Waals surface area contributed by atoms with Crippen LogP contribution in [-0.4, -0.2) is 12.6 Å². The molecule has 0 saturated heterocycles. The summed E-state index contributed by atoms with van der Waals surface area (Å²) in [6.45, 7) is 2.53. The molecule has 0 fully saturated rings. The van der Waals surface area contributed by atoms with Crippen molar-refractivity contribution in [2.24, 2.45) is 0 Å². The average Bonchev–Trinajstić information content (AvgIpc) is 2.41. The zero-order chi connectivity index (χ0) is 14.4. The van der Waals surface area contributed by atoms with Crippen LogP contribution in [0.1, 0.15) is 11.1 Å². The van der Waals surface area contributed by atoms with Gasteiger partial charge < -0.3 is 10.6 Å². The molecule has 0 aliphatic carbocycles. The summed E-state index contributed by atoms with van der Waals surface area (Å²) in [6, 6.07) is 15.1. The Bertz CT molecular complexity index is 599. The Morgan fingerprint density at radius 2 is 1.95 bits per heavy atom. The molecule has 2 N–H and O–H groups in total. The van der Waals surface area contributed by atoms with Crippen molar-refractivity contribution in [2.75, 3.05) is 11.9 Å². The number of carbonyl (C=O) groups is 1. The first-order valence-electron chi connectivity index (χ1n) is 6.50. The molecule has 2 aromatic rings.